The van der Waals surface area contributed by atoms with E-state index < -0.39 is 4.92 Å². The molecule has 1 aliphatic heterocycles. The standard InChI is InChI=1S/C20H21FN2O3S/c1-13-9-14(2)12-22(11-13)20(24)15-3-8-19(18(10-15)23(25)26)27-17-6-4-16(21)5-7-17/h3-8,10,13-14H,9,11-12H2,1-2H3. The molecule has 1 saturated heterocycles. The normalized spacial score (nSPS) is 19.7. The Morgan fingerprint density at radius 3 is 2.37 bits per heavy atom. The number of nitrogens with zero attached hydrogens (tertiary/aromatic N) is 2. The Morgan fingerprint density at radius 1 is 1.15 bits per heavy atom. The van der Waals surface area contributed by atoms with Crippen LogP contribution in [-0.4, -0.2) is 28.8 Å². The number of hydrogen-bond donors (Lipinski definition) is 0. The molecule has 0 aromatic heterocycles. The Balaban J connectivity index is 1.85. The van der Waals surface area contributed by atoms with Gasteiger partial charge in [-0.25, -0.2) is 4.39 Å². The highest BCUT2D eigenvalue weighted by molar-refractivity contribution is 7.99. The van der Waals surface area contributed by atoms with Crippen molar-refractivity contribution in [1.29, 1.82) is 0 Å². The molecule has 27 heavy (non-hydrogen) atoms. The second-order valence-electron chi connectivity index (χ2n) is 7.15. The van der Waals surface area contributed by atoms with E-state index in [1.165, 1.54) is 30.0 Å². The summed E-state index contributed by atoms with van der Waals surface area (Å²) in [6.07, 6.45) is 1.08. The number of piperidine rings is 1. The van der Waals surface area contributed by atoms with Crippen LogP contribution in [0.2, 0.25) is 0 Å². The average Bonchev–Trinajstić information content (AvgIpc) is 2.62. The molecule has 1 fully saturated rings. The molecule has 1 heterocycles. The lowest BCUT2D eigenvalue weighted by molar-refractivity contribution is -0.387. The Kier molecular flexibility index (Phi) is 5.79. The molecule has 0 bridgehead atoms. The Labute approximate surface area is 161 Å². The second-order valence-corrected chi connectivity index (χ2v) is 8.27. The topological polar surface area (TPSA) is 63.5 Å². The third kappa shape index (κ3) is 4.66. The first-order valence-electron chi connectivity index (χ1n) is 8.84. The van der Waals surface area contributed by atoms with Gasteiger partial charge in [-0.2, -0.15) is 0 Å². The van der Waals surface area contributed by atoms with E-state index in [1.54, 1.807) is 29.2 Å². The van der Waals surface area contributed by atoms with E-state index in [0.29, 0.717) is 40.3 Å². The summed E-state index contributed by atoms with van der Waals surface area (Å²) in [5, 5.41) is 11.5. The van der Waals surface area contributed by atoms with Crippen LogP contribution in [0.25, 0.3) is 0 Å². The summed E-state index contributed by atoms with van der Waals surface area (Å²) in [6, 6.07) is 10.3. The van der Waals surface area contributed by atoms with Crippen molar-refractivity contribution in [3.05, 3.63) is 64.0 Å². The Morgan fingerprint density at radius 2 is 1.78 bits per heavy atom. The van der Waals surface area contributed by atoms with Gasteiger partial charge in [0.15, 0.2) is 0 Å². The maximum atomic E-state index is 13.0. The molecule has 2 aromatic carbocycles. The van der Waals surface area contributed by atoms with Gasteiger partial charge in [-0.15, -0.1) is 0 Å². The largest absolute Gasteiger partial charge is 0.338 e. The van der Waals surface area contributed by atoms with E-state index >= 15 is 0 Å². The highest BCUT2D eigenvalue weighted by Gasteiger charge is 2.27. The number of nitro groups is 1. The number of likely N-dealkylation sites (tertiary alicyclic amines) is 1. The second kappa shape index (κ2) is 8.08. The summed E-state index contributed by atoms with van der Waals surface area (Å²) in [7, 11) is 0. The zero-order valence-corrected chi connectivity index (χ0v) is 16.0. The van der Waals surface area contributed by atoms with Gasteiger partial charge in [-0.05, 0) is 54.7 Å². The number of amides is 1. The maximum Gasteiger partial charge on any atom is 0.284 e. The maximum absolute atomic E-state index is 13.0. The monoisotopic (exact) mass is 388 g/mol. The van der Waals surface area contributed by atoms with Crippen molar-refractivity contribution in [1.82, 2.24) is 4.90 Å². The fraction of sp³-hybridized carbons (Fsp3) is 0.350. The van der Waals surface area contributed by atoms with E-state index in [2.05, 4.69) is 13.8 Å². The van der Waals surface area contributed by atoms with Gasteiger partial charge in [-0.1, -0.05) is 25.6 Å². The molecular weight excluding hydrogens is 367 g/mol. The fourth-order valence-corrected chi connectivity index (χ4v) is 4.42. The fourth-order valence-electron chi connectivity index (χ4n) is 3.52. The number of hydrogen-bond acceptors (Lipinski definition) is 4. The van der Waals surface area contributed by atoms with Crippen molar-refractivity contribution in [2.75, 3.05) is 13.1 Å². The lowest BCUT2D eigenvalue weighted by Crippen LogP contribution is -2.42. The number of carbonyl (C=O) groups excluding carboxylic acids is 1. The van der Waals surface area contributed by atoms with E-state index in [0.717, 1.165) is 6.42 Å². The lowest BCUT2D eigenvalue weighted by Gasteiger charge is -2.35. The molecule has 142 valence electrons. The lowest BCUT2D eigenvalue weighted by atomic mass is 9.91. The predicted molar refractivity (Wildman–Crippen MR) is 102 cm³/mol. The summed E-state index contributed by atoms with van der Waals surface area (Å²) < 4.78 is 13.0. The SMILES string of the molecule is CC1CC(C)CN(C(=O)c2ccc(Sc3ccc(F)cc3)c([N+](=O)[O-])c2)C1. The van der Waals surface area contributed by atoms with Crippen molar-refractivity contribution < 1.29 is 14.1 Å². The smallest absolute Gasteiger partial charge is 0.284 e. The van der Waals surface area contributed by atoms with Gasteiger partial charge in [0.25, 0.3) is 11.6 Å². The van der Waals surface area contributed by atoms with Crippen molar-refractivity contribution in [2.45, 2.75) is 30.1 Å². The van der Waals surface area contributed by atoms with Crippen LogP contribution in [-0.2, 0) is 0 Å². The zero-order chi connectivity index (χ0) is 19.6. The first kappa shape index (κ1) is 19.4. The van der Waals surface area contributed by atoms with E-state index in [4.69, 9.17) is 0 Å². The third-order valence-electron chi connectivity index (χ3n) is 4.60. The molecule has 1 amide bonds. The van der Waals surface area contributed by atoms with Gasteiger partial charge >= 0.3 is 0 Å². The summed E-state index contributed by atoms with van der Waals surface area (Å²) >= 11 is 1.17. The highest BCUT2D eigenvalue weighted by Crippen LogP contribution is 2.36. The summed E-state index contributed by atoms with van der Waals surface area (Å²) in [6.45, 7) is 5.56. The van der Waals surface area contributed by atoms with E-state index in [1.807, 2.05) is 0 Å². The van der Waals surface area contributed by atoms with Crippen LogP contribution in [0, 0.1) is 27.8 Å². The molecule has 5 nitrogen and oxygen atoms in total. The van der Waals surface area contributed by atoms with Gasteiger partial charge in [0.2, 0.25) is 0 Å². The third-order valence-corrected chi connectivity index (χ3v) is 5.67. The molecule has 3 rings (SSSR count). The minimum atomic E-state index is -0.482. The summed E-state index contributed by atoms with van der Waals surface area (Å²) in [5.41, 5.74) is 0.208. The van der Waals surface area contributed by atoms with Gasteiger partial charge < -0.3 is 4.90 Å². The predicted octanol–water partition coefficient (Wildman–Crippen LogP) is 5.00. The van der Waals surface area contributed by atoms with Crippen LogP contribution in [0.5, 0.6) is 0 Å². The molecule has 0 N–H and O–H groups in total. The van der Waals surface area contributed by atoms with Gasteiger partial charge in [0.05, 0.1) is 9.82 Å². The van der Waals surface area contributed by atoms with Gasteiger partial charge in [0, 0.05) is 29.6 Å². The number of carbonyl (C=O) groups is 1. The van der Waals surface area contributed by atoms with Crippen LogP contribution in [0.4, 0.5) is 10.1 Å². The Hall–Kier alpha value is -2.41. The minimum absolute atomic E-state index is 0.117. The number of nitro benzene ring substituents is 1. The minimum Gasteiger partial charge on any atom is -0.338 e. The molecule has 0 saturated carbocycles. The van der Waals surface area contributed by atoms with Crippen LogP contribution < -0.4 is 0 Å². The molecular formula is C20H21FN2O3S. The van der Waals surface area contributed by atoms with Crippen LogP contribution >= 0.6 is 11.8 Å². The molecule has 2 aromatic rings. The molecule has 1 aliphatic rings. The van der Waals surface area contributed by atoms with Crippen molar-refractivity contribution in [3.63, 3.8) is 0 Å². The summed E-state index contributed by atoms with van der Waals surface area (Å²) in [4.78, 5) is 26.8. The van der Waals surface area contributed by atoms with Crippen LogP contribution in [0.3, 0.4) is 0 Å². The van der Waals surface area contributed by atoms with E-state index in [9.17, 15) is 19.3 Å². The van der Waals surface area contributed by atoms with Crippen molar-refractivity contribution in [3.8, 4) is 0 Å². The molecule has 2 atom stereocenters. The van der Waals surface area contributed by atoms with Gasteiger partial charge in [0.1, 0.15) is 5.82 Å². The average molecular weight is 388 g/mol. The first-order valence-corrected chi connectivity index (χ1v) is 9.66. The zero-order valence-electron chi connectivity index (χ0n) is 15.2. The van der Waals surface area contributed by atoms with Crippen molar-refractivity contribution >= 4 is 23.4 Å². The molecule has 0 aliphatic carbocycles. The first-order chi connectivity index (χ1) is 12.8. The highest BCUT2D eigenvalue weighted by atomic mass is 32.2. The summed E-state index contributed by atoms with van der Waals surface area (Å²) in [5.74, 6) is 0.302. The van der Waals surface area contributed by atoms with Crippen LogP contribution in [0.1, 0.15) is 30.6 Å². The van der Waals surface area contributed by atoms with Gasteiger partial charge in [-0.3, -0.25) is 14.9 Å². The van der Waals surface area contributed by atoms with E-state index in [-0.39, 0.29) is 17.4 Å². The quantitative estimate of drug-likeness (QED) is 0.546. The molecule has 0 radical (unpaired) electrons. The molecule has 7 heteroatoms. The van der Waals surface area contributed by atoms with Crippen LogP contribution in [0.15, 0.2) is 52.3 Å². The number of benzene rings is 2. The number of rotatable bonds is 4. The number of halogens is 1. The molecule has 2 unspecified atom stereocenters. The Bertz CT molecular complexity index is 847. The van der Waals surface area contributed by atoms with Crippen molar-refractivity contribution in [2.24, 2.45) is 11.8 Å². The molecule has 0 spiro atoms.